The first-order chi connectivity index (χ1) is 31.6. The molecule has 0 fully saturated rings. The molecule has 0 amide bonds. The van der Waals surface area contributed by atoms with Crippen molar-refractivity contribution >= 4 is 11.9 Å². The van der Waals surface area contributed by atoms with Crippen molar-refractivity contribution in [2.75, 3.05) is 19.8 Å². The summed E-state index contributed by atoms with van der Waals surface area (Å²) in [5.74, 6) is -0.467. The molecule has 5 heteroatoms. The Morgan fingerprint density at radius 3 is 1.12 bits per heavy atom. The van der Waals surface area contributed by atoms with Gasteiger partial charge in [0, 0.05) is 19.4 Å². The molecule has 0 aliphatic heterocycles. The Kier molecular flexibility index (Phi) is 50.5. The second-order valence-electron chi connectivity index (χ2n) is 16.7. The van der Waals surface area contributed by atoms with E-state index in [4.69, 9.17) is 14.2 Å². The molecule has 0 N–H and O–H groups in total. The highest BCUT2D eigenvalue weighted by Crippen LogP contribution is 2.12. The summed E-state index contributed by atoms with van der Waals surface area (Å²) in [7, 11) is 0. The van der Waals surface area contributed by atoms with Crippen LogP contribution in [0.1, 0.15) is 213 Å². The van der Waals surface area contributed by atoms with Crippen LogP contribution in [0.15, 0.2) is 122 Å². The number of hydrogen-bond donors (Lipinski definition) is 0. The highest BCUT2D eigenvalue weighted by atomic mass is 16.6. The van der Waals surface area contributed by atoms with Crippen molar-refractivity contribution in [3.05, 3.63) is 122 Å². The fraction of sp³-hybridized carbons (Fsp3) is 0.627. The molecule has 0 heterocycles. The number of hydrogen-bond acceptors (Lipinski definition) is 5. The van der Waals surface area contributed by atoms with Crippen molar-refractivity contribution in [1.82, 2.24) is 0 Å². The minimum atomic E-state index is -0.586. The van der Waals surface area contributed by atoms with Gasteiger partial charge in [-0.2, -0.15) is 0 Å². The summed E-state index contributed by atoms with van der Waals surface area (Å²) in [5, 5.41) is 0. The van der Waals surface area contributed by atoms with Gasteiger partial charge in [0.15, 0.2) is 6.10 Å². The molecule has 0 aromatic heterocycles. The normalized spacial score (nSPS) is 13.2. The van der Waals surface area contributed by atoms with Gasteiger partial charge in [0.05, 0.1) is 6.61 Å². The van der Waals surface area contributed by atoms with E-state index in [2.05, 4.69) is 142 Å². The highest BCUT2D eigenvalue weighted by Gasteiger charge is 2.17. The Labute approximate surface area is 395 Å². The molecule has 0 rings (SSSR count). The zero-order valence-electron chi connectivity index (χ0n) is 41.5. The van der Waals surface area contributed by atoms with E-state index in [-0.39, 0.29) is 25.2 Å². The van der Waals surface area contributed by atoms with E-state index in [1.165, 1.54) is 57.8 Å². The van der Waals surface area contributed by atoms with Gasteiger partial charge in [0.1, 0.15) is 6.61 Å². The first-order valence-corrected chi connectivity index (χ1v) is 26.1. The lowest BCUT2D eigenvalue weighted by molar-refractivity contribution is -0.163. The molecular weight excluding hydrogens is 789 g/mol. The highest BCUT2D eigenvalue weighted by molar-refractivity contribution is 5.70. The molecule has 0 aliphatic carbocycles. The van der Waals surface area contributed by atoms with Gasteiger partial charge in [0.2, 0.25) is 0 Å². The van der Waals surface area contributed by atoms with Crippen LogP contribution in [0, 0.1) is 0 Å². The van der Waals surface area contributed by atoms with Crippen LogP contribution in [0.4, 0.5) is 0 Å². The van der Waals surface area contributed by atoms with Crippen LogP contribution in [0.3, 0.4) is 0 Å². The summed E-state index contributed by atoms with van der Waals surface area (Å²) >= 11 is 0. The first-order valence-electron chi connectivity index (χ1n) is 26.1. The molecule has 5 nitrogen and oxygen atoms in total. The van der Waals surface area contributed by atoms with Gasteiger partial charge in [-0.15, -0.1) is 0 Å². The quantitative estimate of drug-likeness (QED) is 0.0346. The molecule has 0 aliphatic rings. The maximum Gasteiger partial charge on any atom is 0.306 e. The lowest BCUT2D eigenvalue weighted by Gasteiger charge is -2.18. The topological polar surface area (TPSA) is 61.8 Å². The Balaban J connectivity index is 4.41. The maximum atomic E-state index is 12.8. The summed E-state index contributed by atoms with van der Waals surface area (Å²) < 4.78 is 17.3. The summed E-state index contributed by atoms with van der Waals surface area (Å²) in [4.78, 5) is 25.4. The Bertz CT molecular complexity index is 1320. The van der Waals surface area contributed by atoms with Gasteiger partial charge in [-0.25, -0.2) is 0 Å². The average Bonchev–Trinajstić information content (AvgIpc) is 3.30. The van der Waals surface area contributed by atoms with Gasteiger partial charge >= 0.3 is 11.9 Å². The number of rotatable bonds is 46. The van der Waals surface area contributed by atoms with Crippen molar-refractivity contribution in [2.45, 2.75) is 219 Å². The minimum Gasteiger partial charge on any atom is -0.462 e. The monoisotopic (exact) mass is 885 g/mol. The van der Waals surface area contributed by atoms with Crippen LogP contribution >= 0.6 is 0 Å². The third-order valence-electron chi connectivity index (χ3n) is 10.5. The van der Waals surface area contributed by atoms with Crippen molar-refractivity contribution in [2.24, 2.45) is 0 Å². The second-order valence-corrected chi connectivity index (χ2v) is 16.7. The Hall–Kier alpha value is -3.70. The number of carbonyl (C=O) groups excluding carboxylic acids is 2. The fourth-order valence-electron chi connectivity index (χ4n) is 6.65. The molecule has 0 saturated heterocycles. The van der Waals surface area contributed by atoms with E-state index in [1.54, 1.807) is 0 Å². The predicted molar refractivity (Wildman–Crippen MR) is 279 cm³/mol. The van der Waals surface area contributed by atoms with Crippen LogP contribution in [-0.4, -0.2) is 37.9 Å². The fourth-order valence-corrected chi connectivity index (χ4v) is 6.65. The maximum absolute atomic E-state index is 12.8. The molecule has 1 atom stereocenters. The lowest BCUT2D eigenvalue weighted by Crippen LogP contribution is -2.30. The van der Waals surface area contributed by atoms with E-state index in [0.29, 0.717) is 19.4 Å². The summed E-state index contributed by atoms with van der Waals surface area (Å²) in [6, 6.07) is 0. The molecule has 0 aromatic rings. The minimum absolute atomic E-state index is 0.0426. The molecule has 0 spiro atoms. The summed E-state index contributed by atoms with van der Waals surface area (Å²) in [5.41, 5.74) is 0. The van der Waals surface area contributed by atoms with E-state index < -0.39 is 6.10 Å². The third-order valence-corrected chi connectivity index (χ3v) is 10.5. The van der Waals surface area contributed by atoms with Crippen LogP contribution in [0.25, 0.3) is 0 Å². The average molecular weight is 885 g/mol. The molecule has 0 aromatic carbocycles. The second kappa shape index (κ2) is 53.6. The van der Waals surface area contributed by atoms with E-state index in [9.17, 15) is 9.59 Å². The largest absolute Gasteiger partial charge is 0.462 e. The molecule has 0 radical (unpaired) electrons. The first kappa shape index (κ1) is 60.3. The van der Waals surface area contributed by atoms with Crippen molar-refractivity contribution in [3.8, 4) is 0 Å². The smallest absolute Gasteiger partial charge is 0.306 e. The third kappa shape index (κ3) is 50.9. The predicted octanol–water partition coefficient (Wildman–Crippen LogP) is 17.8. The molecule has 0 saturated carbocycles. The zero-order valence-corrected chi connectivity index (χ0v) is 41.5. The zero-order chi connectivity index (χ0) is 46.3. The Morgan fingerprint density at radius 1 is 0.359 bits per heavy atom. The molecule has 64 heavy (non-hydrogen) atoms. The number of ether oxygens (including phenoxy) is 3. The molecule has 362 valence electrons. The number of unbranched alkanes of at least 4 members (excludes halogenated alkanes) is 15. The van der Waals surface area contributed by atoms with Gasteiger partial charge < -0.3 is 14.2 Å². The standard InChI is InChI=1S/C59H96O5/c1-4-7-10-13-16-19-22-25-28-29-30-31-33-34-37-40-43-46-49-52-58(60)63-56-57(55-62-54-51-48-45-42-39-36-27-24-21-18-15-12-9-6-3)64-59(61)53-50-47-44-41-38-35-32-26-23-20-17-14-11-8-5-2/h7,9-10,12,16-21,25-28,30-32,36,42,45,57H,4-6,8,11,13-15,22-24,29,33-35,37-41,43-44,46-56H2,1-3H3/b10-7-,12-9-,19-16-,20-17-,21-18-,28-25-,31-30-,32-26-,36-27-,45-42-. The van der Waals surface area contributed by atoms with Crippen LogP contribution in [-0.2, 0) is 23.8 Å². The van der Waals surface area contributed by atoms with Gasteiger partial charge in [0.25, 0.3) is 0 Å². The van der Waals surface area contributed by atoms with Gasteiger partial charge in [-0.05, 0) is 122 Å². The number of carbonyl (C=O) groups is 2. The SMILES string of the molecule is CC/C=C\C/C=C\C/C=C\C/C=C\CCCCCCCCC(=O)OCC(COCCC/C=C\C/C=C\C/C=C\C/C=C\CC)OC(=O)CCCCCCC/C=C\C/C=C\CCCCC. The van der Waals surface area contributed by atoms with Crippen LogP contribution in [0.2, 0.25) is 0 Å². The lowest BCUT2D eigenvalue weighted by atomic mass is 10.1. The van der Waals surface area contributed by atoms with Gasteiger partial charge in [-0.3, -0.25) is 9.59 Å². The van der Waals surface area contributed by atoms with Crippen LogP contribution < -0.4 is 0 Å². The number of esters is 2. The molecule has 0 bridgehead atoms. The summed E-state index contributed by atoms with van der Waals surface area (Å²) in [6.45, 7) is 7.39. The number of allylic oxidation sites excluding steroid dienone is 20. The van der Waals surface area contributed by atoms with Crippen molar-refractivity contribution in [1.29, 1.82) is 0 Å². The summed E-state index contributed by atoms with van der Waals surface area (Å²) in [6.07, 6.45) is 75.0. The van der Waals surface area contributed by atoms with E-state index >= 15 is 0 Å². The van der Waals surface area contributed by atoms with E-state index in [0.717, 1.165) is 122 Å². The van der Waals surface area contributed by atoms with Gasteiger partial charge in [-0.1, -0.05) is 200 Å². The van der Waals surface area contributed by atoms with Crippen molar-refractivity contribution < 1.29 is 23.8 Å². The van der Waals surface area contributed by atoms with Crippen LogP contribution in [0.5, 0.6) is 0 Å². The van der Waals surface area contributed by atoms with E-state index in [1.807, 2.05) is 0 Å². The molecule has 1 unspecified atom stereocenters. The molecular formula is C59H96O5. The Morgan fingerprint density at radius 2 is 0.703 bits per heavy atom. The van der Waals surface area contributed by atoms with Crippen molar-refractivity contribution in [3.63, 3.8) is 0 Å².